The maximum absolute atomic E-state index is 14.8. The molecule has 1 aliphatic carbocycles. The summed E-state index contributed by atoms with van der Waals surface area (Å²) in [6, 6.07) is 7.06. The maximum Gasteiger partial charge on any atom is 0.573 e. The largest absolute Gasteiger partial charge is 0.573 e. The Morgan fingerprint density at radius 3 is 2.44 bits per heavy atom. The third-order valence-electron chi connectivity index (χ3n) is 5.22. The van der Waals surface area contributed by atoms with Crippen LogP contribution in [-0.4, -0.2) is 35.1 Å². The second-order valence-corrected chi connectivity index (χ2v) is 9.32. The predicted molar refractivity (Wildman–Crippen MR) is 124 cm³/mol. The van der Waals surface area contributed by atoms with Crippen LogP contribution in [0.3, 0.4) is 0 Å². The number of hydrogen-bond donors (Lipinski definition) is 3. The first-order valence-electron chi connectivity index (χ1n) is 11.3. The van der Waals surface area contributed by atoms with Crippen molar-refractivity contribution in [2.45, 2.75) is 70.5 Å². The second-order valence-electron chi connectivity index (χ2n) is 9.32. The van der Waals surface area contributed by atoms with E-state index in [1.165, 1.54) is 12.1 Å². The first-order chi connectivity index (χ1) is 16.8. The number of amides is 1. The zero-order valence-corrected chi connectivity index (χ0v) is 20.0. The van der Waals surface area contributed by atoms with Crippen molar-refractivity contribution in [3.63, 3.8) is 0 Å². The van der Waals surface area contributed by atoms with E-state index < -0.39 is 29.6 Å². The minimum Gasteiger partial charge on any atom is -0.444 e. The Morgan fingerprint density at radius 1 is 1.11 bits per heavy atom. The van der Waals surface area contributed by atoms with Crippen molar-refractivity contribution in [2.75, 3.05) is 10.6 Å². The zero-order chi connectivity index (χ0) is 26.5. The molecule has 1 fully saturated rings. The van der Waals surface area contributed by atoms with Crippen molar-refractivity contribution < 1.29 is 31.8 Å². The summed E-state index contributed by atoms with van der Waals surface area (Å²) < 4.78 is 61.7. The molecular weight excluding hydrogens is 482 g/mol. The summed E-state index contributed by atoms with van der Waals surface area (Å²) in [6.07, 6.45) is -2.47. The highest BCUT2D eigenvalue weighted by molar-refractivity contribution is 5.69. The van der Waals surface area contributed by atoms with E-state index in [1.807, 2.05) is 6.07 Å². The SMILES string of the molecule is CC(C)(C)OC(=O)N[C@H]1CCCC[C@H]1Nc1nc(Nc2cccc(OC(F)(F)F)c2)c(C#N)cc1F. The van der Waals surface area contributed by atoms with Gasteiger partial charge >= 0.3 is 12.5 Å². The van der Waals surface area contributed by atoms with Gasteiger partial charge in [0.15, 0.2) is 17.5 Å². The Labute approximate surface area is 206 Å². The van der Waals surface area contributed by atoms with Crippen LogP contribution >= 0.6 is 0 Å². The molecule has 2 atom stereocenters. The van der Waals surface area contributed by atoms with E-state index in [1.54, 1.807) is 20.8 Å². The molecule has 36 heavy (non-hydrogen) atoms. The van der Waals surface area contributed by atoms with Crippen molar-refractivity contribution in [3.05, 3.63) is 41.7 Å². The summed E-state index contributed by atoms with van der Waals surface area (Å²) >= 11 is 0. The van der Waals surface area contributed by atoms with E-state index >= 15 is 0 Å². The van der Waals surface area contributed by atoms with Crippen LogP contribution in [0.5, 0.6) is 5.75 Å². The van der Waals surface area contributed by atoms with Gasteiger partial charge in [0, 0.05) is 17.8 Å². The van der Waals surface area contributed by atoms with Gasteiger partial charge in [0.25, 0.3) is 0 Å². The third kappa shape index (κ3) is 7.90. The van der Waals surface area contributed by atoms with Crippen molar-refractivity contribution in [3.8, 4) is 11.8 Å². The fourth-order valence-electron chi connectivity index (χ4n) is 3.79. The lowest BCUT2D eigenvalue weighted by molar-refractivity contribution is -0.274. The Bertz CT molecular complexity index is 1130. The summed E-state index contributed by atoms with van der Waals surface area (Å²) in [6.45, 7) is 5.25. The molecule has 1 aromatic carbocycles. The van der Waals surface area contributed by atoms with E-state index in [2.05, 4.69) is 25.7 Å². The lowest BCUT2D eigenvalue weighted by Gasteiger charge is -2.33. The molecule has 1 saturated carbocycles. The number of hydrogen-bond acceptors (Lipinski definition) is 7. The number of ether oxygens (including phenoxy) is 2. The molecule has 0 radical (unpaired) electrons. The summed E-state index contributed by atoms with van der Waals surface area (Å²) in [7, 11) is 0. The lowest BCUT2D eigenvalue weighted by atomic mass is 9.90. The fourth-order valence-corrected chi connectivity index (χ4v) is 3.79. The van der Waals surface area contributed by atoms with Crippen LogP contribution in [0.25, 0.3) is 0 Å². The molecule has 8 nitrogen and oxygen atoms in total. The van der Waals surface area contributed by atoms with Gasteiger partial charge in [-0.3, -0.25) is 0 Å². The Kier molecular flexibility index (Phi) is 8.12. The van der Waals surface area contributed by atoms with Gasteiger partial charge in [0.2, 0.25) is 0 Å². The number of aromatic nitrogens is 1. The zero-order valence-electron chi connectivity index (χ0n) is 20.0. The summed E-state index contributed by atoms with van der Waals surface area (Å²) in [5.74, 6) is -1.47. The number of nitrogens with zero attached hydrogens (tertiary/aromatic N) is 2. The smallest absolute Gasteiger partial charge is 0.444 e. The minimum absolute atomic E-state index is 0.0574. The van der Waals surface area contributed by atoms with Crippen LogP contribution in [0.15, 0.2) is 30.3 Å². The molecule has 0 aliphatic heterocycles. The van der Waals surface area contributed by atoms with E-state index in [0.717, 1.165) is 31.0 Å². The number of rotatable bonds is 6. The van der Waals surface area contributed by atoms with Gasteiger partial charge in [0.05, 0.1) is 11.6 Å². The van der Waals surface area contributed by atoms with E-state index in [4.69, 9.17) is 4.74 Å². The van der Waals surface area contributed by atoms with Crippen molar-refractivity contribution >= 4 is 23.4 Å². The number of carbonyl (C=O) groups is 1. The third-order valence-corrected chi connectivity index (χ3v) is 5.22. The van der Waals surface area contributed by atoms with Crippen LogP contribution in [0.4, 0.5) is 39.7 Å². The first kappa shape index (κ1) is 26.8. The molecule has 1 heterocycles. The highest BCUT2D eigenvalue weighted by atomic mass is 19.4. The van der Waals surface area contributed by atoms with E-state index in [9.17, 15) is 27.6 Å². The lowest BCUT2D eigenvalue weighted by Crippen LogP contribution is -2.50. The number of nitrogens with one attached hydrogen (secondary N) is 3. The van der Waals surface area contributed by atoms with Gasteiger partial charge in [0.1, 0.15) is 17.4 Å². The van der Waals surface area contributed by atoms with Gasteiger partial charge in [-0.25, -0.2) is 14.2 Å². The predicted octanol–water partition coefficient (Wildman–Crippen LogP) is 5.98. The molecule has 0 saturated heterocycles. The van der Waals surface area contributed by atoms with Gasteiger partial charge in [-0.2, -0.15) is 5.26 Å². The molecule has 12 heteroatoms. The Hall–Kier alpha value is -3.75. The number of anilines is 3. The van der Waals surface area contributed by atoms with Gasteiger partial charge in [-0.1, -0.05) is 18.9 Å². The molecule has 0 spiro atoms. The van der Waals surface area contributed by atoms with Gasteiger partial charge in [-0.15, -0.1) is 13.2 Å². The number of benzene rings is 1. The topological polar surface area (TPSA) is 108 Å². The fraction of sp³-hybridized carbons (Fsp3) is 0.458. The number of pyridine rings is 1. The average Bonchev–Trinajstić information content (AvgIpc) is 2.75. The average molecular weight is 510 g/mol. The summed E-state index contributed by atoms with van der Waals surface area (Å²) in [5.41, 5.74) is -0.668. The van der Waals surface area contributed by atoms with Gasteiger partial charge < -0.3 is 25.4 Å². The highest BCUT2D eigenvalue weighted by Gasteiger charge is 2.31. The van der Waals surface area contributed by atoms with Crippen LogP contribution < -0.4 is 20.7 Å². The summed E-state index contributed by atoms with van der Waals surface area (Å²) in [5, 5.41) is 18.0. The highest BCUT2D eigenvalue weighted by Crippen LogP contribution is 2.30. The first-order valence-corrected chi connectivity index (χ1v) is 11.3. The van der Waals surface area contributed by atoms with Gasteiger partial charge in [-0.05, 0) is 51.8 Å². The number of halogens is 4. The molecule has 1 amide bonds. The molecule has 3 rings (SSSR count). The Morgan fingerprint density at radius 2 is 1.81 bits per heavy atom. The number of alkyl carbamates (subject to hydrolysis) is 1. The minimum atomic E-state index is -4.87. The normalized spacial score (nSPS) is 18.1. The van der Waals surface area contributed by atoms with Crippen LogP contribution in [0.2, 0.25) is 0 Å². The molecule has 0 bridgehead atoms. The molecule has 194 valence electrons. The maximum atomic E-state index is 14.8. The molecule has 3 N–H and O–H groups in total. The van der Waals surface area contributed by atoms with Crippen molar-refractivity contribution in [1.29, 1.82) is 5.26 Å². The Balaban J connectivity index is 1.80. The van der Waals surface area contributed by atoms with E-state index in [0.29, 0.717) is 12.8 Å². The molecule has 0 unspecified atom stereocenters. The number of alkyl halides is 3. The standard InChI is InChI=1S/C24H27F4N5O3/c1-23(2,3)36-22(34)32-19-10-5-4-9-18(19)31-21-17(25)11-14(13-29)20(33-21)30-15-7-6-8-16(12-15)35-24(26,27)28/h6-8,11-12,18-19H,4-5,9-10H2,1-3H3,(H,32,34)(H2,30,31,33)/t18-,19+/m1/s1. The van der Waals surface area contributed by atoms with Crippen LogP contribution in [0.1, 0.15) is 52.0 Å². The monoisotopic (exact) mass is 509 g/mol. The molecule has 1 aliphatic rings. The number of carbonyl (C=O) groups excluding carboxylic acids is 1. The molecule has 1 aromatic heterocycles. The van der Waals surface area contributed by atoms with Crippen molar-refractivity contribution in [2.24, 2.45) is 0 Å². The second kappa shape index (κ2) is 10.9. The summed E-state index contributed by atoms with van der Waals surface area (Å²) in [4.78, 5) is 16.5. The van der Waals surface area contributed by atoms with E-state index in [-0.39, 0.29) is 35.0 Å². The molecule has 2 aromatic rings. The molecular formula is C24H27F4N5O3. The van der Waals surface area contributed by atoms with Crippen molar-refractivity contribution in [1.82, 2.24) is 10.3 Å². The van der Waals surface area contributed by atoms with Crippen LogP contribution in [-0.2, 0) is 4.74 Å². The number of nitriles is 1. The van der Waals surface area contributed by atoms with Crippen LogP contribution in [0, 0.1) is 17.1 Å². The quantitative estimate of drug-likeness (QED) is 0.411.